The first kappa shape index (κ1) is 20.8. The number of anilines is 1. The van der Waals surface area contributed by atoms with Crippen LogP contribution in [-0.4, -0.2) is 36.7 Å². The zero-order valence-electron chi connectivity index (χ0n) is 18.9. The Labute approximate surface area is 202 Å². The summed E-state index contributed by atoms with van der Waals surface area (Å²) in [5, 5.41) is 11.7. The highest BCUT2D eigenvalue weighted by atomic mass is 15.1. The van der Waals surface area contributed by atoms with Gasteiger partial charge in [-0.1, -0.05) is 24.3 Å². The van der Waals surface area contributed by atoms with Gasteiger partial charge in [0.1, 0.15) is 5.82 Å². The molecule has 7 nitrogen and oxygen atoms in total. The molecule has 0 fully saturated rings. The number of aromatic amines is 2. The maximum atomic E-state index is 4.87. The third-order valence-corrected chi connectivity index (χ3v) is 6.03. The first-order valence-electron chi connectivity index (χ1n) is 11.5. The van der Waals surface area contributed by atoms with Crippen LogP contribution in [0.1, 0.15) is 5.56 Å². The molecule has 7 heteroatoms. The van der Waals surface area contributed by atoms with Crippen LogP contribution < -0.4 is 5.32 Å². The number of fused-ring (bicyclic) bond motifs is 1. The molecule has 1 aromatic carbocycles. The van der Waals surface area contributed by atoms with Crippen molar-refractivity contribution in [2.45, 2.75) is 6.42 Å². The molecular weight excluding hydrogens is 434 g/mol. The molecule has 0 aliphatic rings. The SMILES string of the molecule is c1ccc(-c2cc(-c3cncc(-c4cn[nH]c4)c3)cc(NCCc3c[nH]c4ccccc34)n2)nc1. The van der Waals surface area contributed by atoms with E-state index >= 15 is 0 Å². The maximum absolute atomic E-state index is 4.87. The summed E-state index contributed by atoms with van der Waals surface area (Å²) in [5.41, 5.74) is 8.10. The fourth-order valence-electron chi connectivity index (χ4n) is 4.26. The molecule has 6 rings (SSSR count). The summed E-state index contributed by atoms with van der Waals surface area (Å²) >= 11 is 0. The quantitative estimate of drug-likeness (QED) is 0.284. The number of hydrogen-bond donors (Lipinski definition) is 3. The number of pyridine rings is 3. The van der Waals surface area contributed by atoms with Crippen molar-refractivity contribution in [1.29, 1.82) is 0 Å². The molecule has 0 atom stereocenters. The second-order valence-corrected chi connectivity index (χ2v) is 8.33. The molecule has 0 radical (unpaired) electrons. The number of H-pyrrole nitrogens is 2. The molecule has 0 bridgehead atoms. The zero-order chi connectivity index (χ0) is 23.5. The Balaban J connectivity index is 1.31. The number of hydrogen-bond acceptors (Lipinski definition) is 5. The van der Waals surface area contributed by atoms with Crippen LogP contribution in [0.3, 0.4) is 0 Å². The van der Waals surface area contributed by atoms with E-state index in [-0.39, 0.29) is 0 Å². The van der Waals surface area contributed by atoms with Gasteiger partial charge < -0.3 is 10.3 Å². The molecule has 0 aliphatic heterocycles. The van der Waals surface area contributed by atoms with Gasteiger partial charge in [0, 0.05) is 65.1 Å². The van der Waals surface area contributed by atoms with Crippen LogP contribution in [-0.2, 0) is 6.42 Å². The Morgan fingerprint density at radius 1 is 0.771 bits per heavy atom. The largest absolute Gasteiger partial charge is 0.370 e. The van der Waals surface area contributed by atoms with Crippen LogP contribution in [0.2, 0.25) is 0 Å². The lowest BCUT2D eigenvalue weighted by atomic mass is 10.0. The fraction of sp³-hybridized carbons (Fsp3) is 0.0714. The predicted octanol–water partition coefficient (Wildman–Crippen LogP) is 5.73. The van der Waals surface area contributed by atoms with Gasteiger partial charge in [-0.25, -0.2) is 4.98 Å². The predicted molar refractivity (Wildman–Crippen MR) is 139 cm³/mol. The van der Waals surface area contributed by atoms with E-state index in [1.807, 2.05) is 42.9 Å². The van der Waals surface area contributed by atoms with E-state index in [4.69, 9.17) is 4.98 Å². The maximum Gasteiger partial charge on any atom is 0.127 e. The van der Waals surface area contributed by atoms with Crippen molar-refractivity contribution in [3.05, 3.63) is 103 Å². The molecule has 0 amide bonds. The monoisotopic (exact) mass is 457 g/mol. The van der Waals surface area contributed by atoms with Crippen LogP contribution in [0.15, 0.2) is 97.8 Å². The average molecular weight is 458 g/mol. The van der Waals surface area contributed by atoms with Crippen molar-refractivity contribution in [1.82, 2.24) is 30.1 Å². The van der Waals surface area contributed by atoms with Crippen LogP contribution >= 0.6 is 0 Å². The van der Waals surface area contributed by atoms with Crippen molar-refractivity contribution in [2.24, 2.45) is 0 Å². The van der Waals surface area contributed by atoms with E-state index in [9.17, 15) is 0 Å². The highest BCUT2D eigenvalue weighted by Crippen LogP contribution is 2.29. The van der Waals surface area contributed by atoms with Gasteiger partial charge in [0.05, 0.1) is 17.6 Å². The summed E-state index contributed by atoms with van der Waals surface area (Å²) in [6.07, 6.45) is 12.1. The first-order chi connectivity index (χ1) is 17.3. The summed E-state index contributed by atoms with van der Waals surface area (Å²) in [6, 6.07) is 20.5. The Bertz CT molecular complexity index is 1570. The number of benzene rings is 1. The molecule has 0 saturated heterocycles. The summed E-state index contributed by atoms with van der Waals surface area (Å²) in [6.45, 7) is 0.757. The van der Waals surface area contributed by atoms with E-state index in [1.165, 1.54) is 10.9 Å². The molecule has 170 valence electrons. The van der Waals surface area contributed by atoms with Crippen LogP contribution in [0.4, 0.5) is 5.82 Å². The van der Waals surface area contributed by atoms with Crippen molar-refractivity contribution >= 4 is 16.7 Å². The second kappa shape index (κ2) is 9.23. The fourth-order valence-corrected chi connectivity index (χ4v) is 4.26. The lowest BCUT2D eigenvalue weighted by molar-refractivity contribution is 1.01. The summed E-state index contributed by atoms with van der Waals surface area (Å²) in [5.74, 6) is 0.803. The van der Waals surface area contributed by atoms with E-state index in [0.717, 1.165) is 57.9 Å². The minimum atomic E-state index is 0.757. The molecule has 0 unspecified atom stereocenters. The molecule has 35 heavy (non-hydrogen) atoms. The molecule has 3 N–H and O–H groups in total. The molecule has 6 aromatic rings. The highest BCUT2D eigenvalue weighted by molar-refractivity contribution is 5.83. The normalized spacial score (nSPS) is 11.1. The summed E-state index contributed by atoms with van der Waals surface area (Å²) < 4.78 is 0. The topological polar surface area (TPSA) is 95.2 Å². The lowest BCUT2D eigenvalue weighted by Crippen LogP contribution is -2.07. The van der Waals surface area contributed by atoms with Gasteiger partial charge in [-0.3, -0.25) is 15.1 Å². The third-order valence-electron chi connectivity index (χ3n) is 6.03. The van der Waals surface area contributed by atoms with E-state index in [2.05, 4.69) is 73.1 Å². The van der Waals surface area contributed by atoms with Crippen molar-refractivity contribution in [3.63, 3.8) is 0 Å². The first-order valence-corrected chi connectivity index (χ1v) is 11.5. The minimum absolute atomic E-state index is 0.757. The van der Waals surface area contributed by atoms with Crippen LogP contribution in [0.25, 0.3) is 44.5 Å². The second-order valence-electron chi connectivity index (χ2n) is 8.33. The smallest absolute Gasteiger partial charge is 0.127 e. The molecule has 5 aromatic heterocycles. The van der Waals surface area contributed by atoms with E-state index in [1.54, 1.807) is 12.4 Å². The Morgan fingerprint density at radius 3 is 2.51 bits per heavy atom. The summed E-state index contributed by atoms with van der Waals surface area (Å²) in [4.78, 5) is 17.2. The Hall–Kier alpha value is -4.78. The van der Waals surface area contributed by atoms with Crippen LogP contribution in [0.5, 0.6) is 0 Å². The Kier molecular flexibility index (Phi) is 5.48. The van der Waals surface area contributed by atoms with Gasteiger partial charge in [-0.15, -0.1) is 0 Å². The van der Waals surface area contributed by atoms with Gasteiger partial charge >= 0.3 is 0 Å². The molecule has 0 spiro atoms. The van der Waals surface area contributed by atoms with Gasteiger partial charge in [0.25, 0.3) is 0 Å². The van der Waals surface area contributed by atoms with Gasteiger partial charge in [-0.2, -0.15) is 5.10 Å². The number of nitrogens with zero attached hydrogens (tertiary/aromatic N) is 4. The standard InChI is InChI=1S/C28H23N7/c1-2-6-25-24(5-1)19(16-32-25)8-10-31-28-13-20(12-27(35-28)26-7-3-4-9-30-26)21-11-22(15-29-14-21)23-17-33-34-18-23/h1-7,9,11-18,32H,8,10H2,(H,31,35)(H,33,34). The van der Waals surface area contributed by atoms with Gasteiger partial charge in [-0.05, 0) is 53.9 Å². The summed E-state index contributed by atoms with van der Waals surface area (Å²) in [7, 11) is 0. The van der Waals surface area contributed by atoms with Crippen molar-refractivity contribution < 1.29 is 0 Å². The molecule has 0 aliphatic carbocycles. The number of rotatable bonds is 7. The van der Waals surface area contributed by atoms with Crippen LogP contribution in [0, 0.1) is 0 Å². The molecule has 0 saturated carbocycles. The van der Waals surface area contributed by atoms with Crippen molar-refractivity contribution in [3.8, 4) is 33.6 Å². The van der Waals surface area contributed by atoms with Crippen molar-refractivity contribution in [2.75, 3.05) is 11.9 Å². The lowest BCUT2D eigenvalue weighted by Gasteiger charge is -2.11. The van der Waals surface area contributed by atoms with Gasteiger partial charge in [0.2, 0.25) is 0 Å². The molecular formula is C28H23N7. The average Bonchev–Trinajstić information content (AvgIpc) is 3.60. The van der Waals surface area contributed by atoms with Gasteiger partial charge in [0.15, 0.2) is 0 Å². The Morgan fingerprint density at radius 2 is 1.66 bits per heavy atom. The number of para-hydroxylation sites is 1. The minimum Gasteiger partial charge on any atom is -0.370 e. The zero-order valence-corrected chi connectivity index (χ0v) is 18.9. The third kappa shape index (κ3) is 4.39. The molecule has 5 heterocycles. The number of aromatic nitrogens is 6. The van der Waals surface area contributed by atoms with E-state index < -0.39 is 0 Å². The highest BCUT2D eigenvalue weighted by Gasteiger charge is 2.10. The van der Waals surface area contributed by atoms with E-state index in [0.29, 0.717) is 0 Å². The number of nitrogens with one attached hydrogen (secondary N) is 3.